The van der Waals surface area contributed by atoms with E-state index in [0.29, 0.717) is 35.6 Å². The number of anilines is 1. The molecule has 1 fully saturated rings. The fourth-order valence-corrected chi connectivity index (χ4v) is 3.69. The van der Waals surface area contributed by atoms with Crippen molar-refractivity contribution in [2.75, 3.05) is 12.0 Å². The molecule has 1 heterocycles. The molecule has 2 aliphatic rings. The van der Waals surface area contributed by atoms with Crippen LogP contribution >= 0.6 is 0 Å². The maximum Gasteiger partial charge on any atom is 0.347 e. The van der Waals surface area contributed by atoms with Crippen molar-refractivity contribution in [3.8, 4) is 11.5 Å². The van der Waals surface area contributed by atoms with Crippen LogP contribution in [0.3, 0.4) is 0 Å². The number of benzene rings is 2. The number of methoxy groups -OCH3 is 1. The lowest BCUT2D eigenvalue weighted by Crippen LogP contribution is -2.30. The average molecular weight is 377 g/mol. The molecule has 1 aliphatic carbocycles. The summed E-state index contributed by atoms with van der Waals surface area (Å²) in [4.78, 5) is 38.9. The van der Waals surface area contributed by atoms with E-state index in [1.54, 1.807) is 48.5 Å². The van der Waals surface area contributed by atoms with Crippen molar-refractivity contribution in [2.24, 2.45) is 11.8 Å². The monoisotopic (exact) mass is 377 g/mol. The third-order valence-corrected chi connectivity index (χ3v) is 5.14. The molecular weight excluding hydrogens is 358 g/mol. The average Bonchev–Trinajstić information content (AvgIpc) is 2.99. The molecule has 2 amide bonds. The Morgan fingerprint density at radius 2 is 1.54 bits per heavy atom. The second-order valence-corrected chi connectivity index (χ2v) is 6.75. The van der Waals surface area contributed by atoms with Gasteiger partial charge in [0.15, 0.2) is 0 Å². The Labute approximate surface area is 162 Å². The van der Waals surface area contributed by atoms with Gasteiger partial charge in [0.1, 0.15) is 17.1 Å². The molecule has 28 heavy (non-hydrogen) atoms. The van der Waals surface area contributed by atoms with Gasteiger partial charge in [-0.3, -0.25) is 14.5 Å². The summed E-state index contributed by atoms with van der Waals surface area (Å²) in [6, 6.07) is 13.2. The fraction of sp³-hybridized carbons (Fsp3) is 0.227. The molecule has 6 nitrogen and oxygen atoms in total. The number of rotatable bonds is 4. The summed E-state index contributed by atoms with van der Waals surface area (Å²) in [5.41, 5.74) is 0.803. The first kappa shape index (κ1) is 18.0. The third kappa shape index (κ3) is 3.07. The zero-order valence-electron chi connectivity index (χ0n) is 15.3. The summed E-state index contributed by atoms with van der Waals surface area (Å²) in [5.74, 6) is -0.695. The second kappa shape index (κ2) is 7.31. The molecule has 6 heteroatoms. The Kier molecular flexibility index (Phi) is 4.69. The first-order valence-electron chi connectivity index (χ1n) is 9.08. The van der Waals surface area contributed by atoms with E-state index in [-0.39, 0.29) is 23.7 Å². The third-order valence-electron chi connectivity index (χ3n) is 5.14. The molecule has 2 unspecified atom stereocenters. The molecule has 0 radical (unpaired) electrons. The highest BCUT2D eigenvalue weighted by Crippen LogP contribution is 2.38. The van der Waals surface area contributed by atoms with Gasteiger partial charge in [-0.25, -0.2) is 4.79 Å². The number of amides is 2. The molecule has 4 rings (SSSR count). The van der Waals surface area contributed by atoms with Crippen LogP contribution in [-0.2, 0) is 9.59 Å². The molecule has 0 spiro atoms. The van der Waals surface area contributed by atoms with Gasteiger partial charge in [-0.05, 0) is 49.2 Å². The minimum absolute atomic E-state index is 0.168. The number of hydrogen-bond acceptors (Lipinski definition) is 5. The summed E-state index contributed by atoms with van der Waals surface area (Å²) in [5, 5.41) is 0. The Hall–Kier alpha value is -3.41. The molecule has 2 aromatic carbocycles. The largest absolute Gasteiger partial charge is 0.496 e. The number of hydrogen-bond donors (Lipinski definition) is 0. The van der Waals surface area contributed by atoms with E-state index in [1.807, 2.05) is 12.2 Å². The Bertz CT molecular complexity index is 937. The molecule has 1 aliphatic heterocycles. The number of imide groups is 1. The molecule has 0 aromatic heterocycles. The first-order chi connectivity index (χ1) is 13.6. The normalized spacial score (nSPS) is 20.8. The summed E-state index contributed by atoms with van der Waals surface area (Å²) in [7, 11) is 1.48. The van der Waals surface area contributed by atoms with Crippen molar-refractivity contribution in [3.63, 3.8) is 0 Å². The van der Waals surface area contributed by atoms with Crippen LogP contribution in [0.1, 0.15) is 23.2 Å². The van der Waals surface area contributed by atoms with Gasteiger partial charge in [-0.15, -0.1) is 0 Å². The topological polar surface area (TPSA) is 72.9 Å². The second-order valence-electron chi connectivity index (χ2n) is 6.75. The summed E-state index contributed by atoms with van der Waals surface area (Å²) < 4.78 is 10.6. The fourth-order valence-electron chi connectivity index (χ4n) is 3.69. The van der Waals surface area contributed by atoms with Gasteiger partial charge in [-0.1, -0.05) is 24.3 Å². The van der Waals surface area contributed by atoms with Gasteiger partial charge in [-0.2, -0.15) is 0 Å². The predicted octanol–water partition coefficient (Wildman–Crippen LogP) is 3.37. The van der Waals surface area contributed by atoms with Crippen LogP contribution in [0.2, 0.25) is 0 Å². The maximum atomic E-state index is 12.6. The van der Waals surface area contributed by atoms with Crippen LogP contribution in [0.5, 0.6) is 11.5 Å². The zero-order valence-corrected chi connectivity index (χ0v) is 15.3. The van der Waals surface area contributed by atoms with E-state index in [9.17, 15) is 14.4 Å². The Morgan fingerprint density at radius 1 is 0.929 bits per heavy atom. The minimum atomic E-state index is -0.546. The van der Waals surface area contributed by atoms with Gasteiger partial charge in [0.2, 0.25) is 11.8 Å². The summed E-state index contributed by atoms with van der Waals surface area (Å²) in [6.07, 6.45) is 5.10. The van der Waals surface area contributed by atoms with Crippen LogP contribution < -0.4 is 14.4 Å². The lowest BCUT2D eigenvalue weighted by molar-refractivity contribution is -0.122. The van der Waals surface area contributed by atoms with Gasteiger partial charge in [0, 0.05) is 0 Å². The molecule has 2 atom stereocenters. The summed E-state index contributed by atoms with van der Waals surface area (Å²) in [6.45, 7) is 0. The van der Waals surface area contributed by atoms with Gasteiger partial charge in [0.05, 0.1) is 24.6 Å². The maximum absolute atomic E-state index is 12.6. The van der Waals surface area contributed by atoms with E-state index in [4.69, 9.17) is 9.47 Å². The van der Waals surface area contributed by atoms with Crippen LogP contribution in [0.25, 0.3) is 0 Å². The number of esters is 1. The van der Waals surface area contributed by atoms with Crippen molar-refractivity contribution in [1.82, 2.24) is 0 Å². The van der Waals surface area contributed by atoms with E-state index >= 15 is 0 Å². The molecule has 0 N–H and O–H groups in total. The molecule has 142 valence electrons. The Balaban J connectivity index is 1.51. The zero-order chi connectivity index (χ0) is 19.7. The lowest BCUT2D eigenvalue weighted by atomic mass is 9.85. The smallest absolute Gasteiger partial charge is 0.347 e. The van der Waals surface area contributed by atoms with E-state index in [2.05, 4.69) is 0 Å². The highest BCUT2D eigenvalue weighted by atomic mass is 16.5. The molecule has 0 bridgehead atoms. The van der Waals surface area contributed by atoms with Gasteiger partial charge >= 0.3 is 5.97 Å². The number of para-hydroxylation sites is 1. The van der Waals surface area contributed by atoms with Crippen LogP contribution in [0, 0.1) is 11.8 Å². The lowest BCUT2D eigenvalue weighted by Gasteiger charge is -2.15. The highest BCUT2D eigenvalue weighted by molar-refractivity contribution is 6.22. The standard InChI is InChI=1S/C22H19NO5/c1-27-19-9-5-4-8-18(19)22(26)28-15-12-10-14(11-13-15)23-20(24)16-6-2-3-7-17(16)21(23)25/h2-5,8-13,16-17H,6-7H2,1H3. The molecule has 0 saturated carbocycles. The van der Waals surface area contributed by atoms with Crippen LogP contribution in [0.15, 0.2) is 60.7 Å². The first-order valence-corrected chi connectivity index (χ1v) is 9.08. The minimum Gasteiger partial charge on any atom is -0.496 e. The van der Waals surface area contributed by atoms with Crippen molar-refractivity contribution >= 4 is 23.5 Å². The van der Waals surface area contributed by atoms with Gasteiger partial charge in [0.25, 0.3) is 0 Å². The number of nitrogens with zero attached hydrogens (tertiary/aromatic N) is 1. The van der Waals surface area contributed by atoms with Crippen LogP contribution in [0.4, 0.5) is 5.69 Å². The molecular formula is C22H19NO5. The van der Waals surface area contributed by atoms with Gasteiger partial charge < -0.3 is 9.47 Å². The van der Waals surface area contributed by atoms with E-state index in [0.717, 1.165) is 0 Å². The van der Waals surface area contributed by atoms with Crippen LogP contribution in [-0.4, -0.2) is 24.9 Å². The number of allylic oxidation sites excluding steroid dienone is 2. The van der Waals surface area contributed by atoms with Crippen molar-refractivity contribution < 1.29 is 23.9 Å². The molecule has 2 aromatic rings. The number of carbonyl (C=O) groups is 3. The van der Waals surface area contributed by atoms with E-state index in [1.165, 1.54) is 12.0 Å². The quantitative estimate of drug-likeness (QED) is 0.354. The van der Waals surface area contributed by atoms with Crippen molar-refractivity contribution in [3.05, 3.63) is 66.2 Å². The molecule has 1 saturated heterocycles. The van der Waals surface area contributed by atoms with Crippen molar-refractivity contribution in [1.29, 1.82) is 0 Å². The Morgan fingerprint density at radius 3 is 2.14 bits per heavy atom. The number of fused-ring (bicyclic) bond motifs is 1. The van der Waals surface area contributed by atoms with Crippen molar-refractivity contribution in [2.45, 2.75) is 12.8 Å². The summed E-state index contributed by atoms with van der Waals surface area (Å²) >= 11 is 0. The highest BCUT2D eigenvalue weighted by Gasteiger charge is 2.47. The SMILES string of the molecule is COc1ccccc1C(=O)Oc1ccc(N2C(=O)C3CC=CCC3C2=O)cc1. The predicted molar refractivity (Wildman–Crippen MR) is 102 cm³/mol. The number of carbonyl (C=O) groups excluding carboxylic acids is 3. The number of ether oxygens (including phenoxy) is 2. The van der Waals surface area contributed by atoms with E-state index < -0.39 is 5.97 Å².